The molecule has 336 valence electrons. The zero-order valence-electron chi connectivity index (χ0n) is 34.8. The second kappa shape index (κ2) is 22.1. The Balaban J connectivity index is 1.33. The van der Waals surface area contributed by atoms with Crippen LogP contribution < -0.4 is 0 Å². The van der Waals surface area contributed by atoms with Crippen molar-refractivity contribution in [3.63, 3.8) is 0 Å². The molecule has 0 amide bonds. The Labute approximate surface area is 374 Å². The van der Waals surface area contributed by atoms with Gasteiger partial charge in [-0.15, -0.1) is 6.58 Å². The summed E-state index contributed by atoms with van der Waals surface area (Å²) in [6.07, 6.45) is -14.4. The van der Waals surface area contributed by atoms with Gasteiger partial charge in [0.15, 0.2) is 30.7 Å². The summed E-state index contributed by atoms with van der Waals surface area (Å²) in [5, 5.41) is 22.2. The molecule has 0 aliphatic carbocycles. The maximum atomic E-state index is 14.1. The number of aliphatic hydroxyl groups is 2. The van der Waals surface area contributed by atoms with E-state index in [0.717, 1.165) is 0 Å². The second-order valence-corrected chi connectivity index (χ2v) is 15.0. The monoisotopic (exact) mass is 886 g/mol. The molecule has 15 nitrogen and oxygen atoms in total. The Bertz CT molecular complexity index is 2360. The van der Waals surface area contributed by atoms with Crippen molar-refractivity contribution >= 4 is 29.8 Å². The smallest absolute Gasteiger partial charge is 0.338 e. The lowest BCUT2D eigenvalue weighted by Gasteiger charge is -2.48. The number of hydrogen-bond donors (Lipinski definition) is 2. The molecular weight excluding hydrogens is 841 g/mol. The van der Waals surface area contributed by atoms with E-state index in [1.165, 1.54) is 54.6 Å². The molecule has 65 heavy (non-hydrogen) atoms. The summed E-state index contributed by atoms with van der Waals surface area (Å²) in [6, 6.07) is 39.7. The normalized spacial score (nSPS) is 25.0. The average Bonchev–Trinajstić information content (AvgIpc) is 3.35. The van der Waals surface area contributed by atoms with Gasteiger partial charge in [-0.05, 0) is 67.1 Å². The second-order valence-electron chi connectivity index (χ2n) is 15.0. The average molecular weight is 887 g/mol. The molecule has 2 saturated heterocycles. The minimum absolute atomic E-state index is 0.0233. The van der Waals surface area contributed by atoms with Gasteiger partial charge in [0.05, 0.1) is 34.4 Å². The fourth-order valence-electron chi connectivity index (χ4n) is 7.36. The third-order valence-corrected chi connectivity index (χ3v) is 10.6. The largest absolute Gasteiger partial charge is 0.459 e. The van der Waals surface area contributed by atoms with Crippen LogP contribution in [0, 0.1) is 0 Å². The Morgan fingerprint density at radius 3 is 1.28 bits per heavy atom. The van der Waals surface area contributed by atoms with Crippen LogP contribution in [0.3, 0.4) is 0 Å². The van der Waals surface area contributed by atoms with Gasteiger partial charge in [0, 0.05) is 0 Å². The van der Waals surface area contributed by atoms with Crippen molar-refractivity contribution in [3.05, 3.63) is 192 Å². The minimum Gasteiger partial charge on any atom is -0.459 e. The van der Waals surface area contributed by atoms with E-state index in [4.69, 9.17) is 37.9 Å². The Morgan fingerprint density at radius 2 is 0.862 bits per heavy atom. The summed E-state index contributed by atoms with van der Waals surface area (Å²) in [5.41, 5.74) is 0.623. The van der Waals surface area contributed by atoms with E-state index in [2.05, 4.69) is 6.58 Å². The molecule has 0 bridgehead atoms. The number of ether oxygens (including phenoxy) is 8. The Kier molecular flexibility index (Phi) is 15.6. The highest BCUT2D eigenvalue weighted by Gasteiger charge is 2.56. The van der Waals surface area contributed by atoms with Gasteiger partial charge in [0.2, 0.25) is 0 Å². The zero-order valence-corrected chi connectivity index (χ0v) is 34.8. The highest BCUT2D eigenvalue weighted by atomic mass is 16.7. The van der Waals surface area contributed by atoms with Gasteiger partial charge in [-0.1, -0.05) is 97.1 Å². The lowest BCUT2D eigenvalue weighted by molar-refractivity contribution is -0.339. The van der Waals surface area contributed by atoms with Crippen LogP contribution in [0.5, 0.6) is 0 Å². The molecule has 10 atom stereocenters. The van der Waals surface area contributed by atoms with E-state index >= 15 is 0 Å². The predicted octanol–water partition coefficient (Wildman–Crippen LogP) is 5.55. The molecule has 0 unspecified atom stereocenters. The summed E-state index contributed by atoms with van der Waals surface area (Å²) in [5.74, 6) is -4.30. The van der Waals surface area contributed by atoms with Gasteiger partial charge in [-0.3, -0.25) is 0 Å². The number of rotatable bonds is 16. The van der Waals surface area contributed by atoms with E-state index in [1.807, 2.05) is 0 Å². The number of hydrogen-bond acceptors (Lipinski definition) is 15. The highest BCUT2D eigenvalue weighted by molar-refractivity contribution is 5.92. The van der Waals surface area contributed by atoms with Crippen molar-refractivity contribution in [1.82, 2.24) is 0 Å². The number of esters is 5. The first-order valence-electron chi connectivity index (χ1n) is 20.8. The van der Waals surface area contributed by atoms with Crippen molar-refractivity contribution in [2.24, 2.45) is 0 Å². The SMILES string of the molecule is C=CC[C@H]1O[C@H](COC(=O)c2ccccc2)[C@@H](O[C@@H]2O[C@H](CO)[C@H](O)[C@H](OC(=O)c3ccccc3)[C@H]2OC(=O)c2ccccc2)[C@H](OC(=O)c2ccccc2)[C@H]1OC(=O)c1ccccc1. The van der Waals surface area contributed by atoms with Gasteiger partial charge in [-0.2, -0.15) is 0 Å². The Morgan fingerprint density at radius 1 is 0.477 bits per heavy atom. The summed E-state index contributed by atoms with van der Waals surface area (Å²) < 4.78 is 49.4. The molecule has 2 fully saturated rings. The van der Waals surface area contributed by atoms with Crippen LogP contribution in [0.1, 0.15) is 58.2 Å². The van der Waals surface area contributed by atoms with Crippen LogP contribution in [-0.2, 0) is 37.9 Å². The van der Waals surface area contributed by atoms with E-state index in [0.29, 0.717) is 0 Å². The van der Waals surface area contributed by atoms with Gasteiger partial charge < -0.3 is 48.1 Å². The van der Waals surface area contributed by atoms with Crippen LogP contribution in [0.25, 0.3) is 0 Å². The molecule has 2 aliphatic rings. The molecule has 0 spiro atoms. The fourth-order valence-corrected chi connectivity index (χ4v) is 7.36. The molecule has 2 aliphatic heterocycles. The number of carbonyl (C=O) groups is 5. The molecule has 5 aromatic rings. The van der Waals surface area contributed by atoms with Crippen molar-refractivity contribution in [1.29, 1.82) is 0 Å². The number of benzene rings is 5. The fraction of sp³-hybridized carbons (Fsp3) is 0.260. The summed E-state index contributed by atoms with van der Waals surface area (Å²) >= 11 is 0. The van der Waals surface area contributed by atoms with Crippen LogP contribution >= 0.6 is 0 Å². The standard InChI is InChI=1S/C50H46O15/c1-2-18-36-40(61-46(54)32-21-10-4-11-22-32)43(63-48(56)34-25-14-6-15-26-34)41(38(59-36)30-58-45(53)31-19-8-3-9-20-31)65-50-44(64-49(57)35-27-16-7-17-28-35)42(39(52)37(29-51)60-50)62-47(55)33-23-12-5-13-24-33/h2-17,19-28,36-44,50-52H,1,18,29-30H2/t36-,37-,38-,39+,40+,41-,42+,43-,44-,50+/m1/s1. The van der Waals surface area contributed by atoms with E-state index in [-0.39, 0.29) is 34.2 Å². The molecular formula is C50H46O15. The molecule has 15 heteroatoms. The van der Waals surface area contributed by atoms with Crippen molar-refractivity contribution in [2.75, 3.05) is 13.2 Å². The summed E-state index contributed by atoms with van der Waals surface area (Å²) in [4.78, 5) is 68.9. The maximum absolute atomic E-state index is 14.1. The summed E-state index contributed by atoms with van der Waals surface area (Å²) in [6.45, 7) is 2.46. The van der Waals surface area contributed by atoms with E-state index < -0.39 is 104 Å². The number of carbonyl (C=O) groups excluding carboxylic acids is 5. The van der Waals surface area contributed by atoms with Gasteiger partial charge in [0.25, 0.3) is 0 Å². The molecule has 0 saturated carbocycles. The molecule has 5 aromatic carbocycles. The quantitative estimate of drug-likeness (QED) is 0.0709. The van der Waals surface area contributed by atoms with Crippen LogP contribution in [0.2, 0.25) is 0 Å². The predicted molar refractivity (Wildman–Crippen MR) is 229 cm³/mol. The van der Waals surface area contributed by atoms with Crippen LogP contribution in [0.15, 0.2) is 164 Å². The maximum Gasteiger partial charge on any atom is 0.338 e. The van der Waals surface area contributed by atoms with Crippen LogP contribution in [-0.4, -0.2) is 114 Å². The molecule has 0 radical (unpaired) electrons. The Hall–Kier alpha value is -7.01. The van der Waals surface area contributed by atoms with Gasteiger partial charge in [-0.25, -0.2) is 24.0 Å². The van der Waals surface area contributed by atoms with Gasteiger partial charge in [0.1, 0.15) is 37.1 Å². The van der Waals surface area contributed by atoms with Crippen molar-refractivity contribution < 1.29 is 72.1 Å². The summed E-state index contributed by atoms with van der Waals surface area (Å²) in [7, 11) is 0. The first-order valence-corrected chi connectivity index (χ1v) is 20.8. The molecule has 2 N–H and O–H groups in total. The number of aliphatic hydroxyl groups excluding tert-OH is 2. The first-order chi connectivity index (χ1) is 31.6. The van der Waals surface area contributed by atoms with E-state index in [1.54, 1.807) is 103 Å². The lowest BCUT2D eigenvalue weighted by atomic mass is 9.92. The highest BCUT2D eigenvalue weighted by Crippen LogP contribution is 2.36. The minimum atomic E-state index is -1.86. The molecule has 2 heterocycles. The topological polar surface area (TPSA) is 200 Å². The molecule has 0 aromatic heterocycles. The molecule has 7 rings (SSSR count). The van der Waals surface area contributed by atoms with Crippen LogP contribution in [0.4, 0.5) is 0 Å². The van der Waals surface area contributed by atoms with Gasteiger partial charge >= 0.3 is 29.8 Å². The first kappa shape index (κ1) is 46.0. The lowest BCUT2D eigenvalue weighted by Crippen LogP contribution is -2.66. The third-order valence-electron chi connectivity index (χ3n) is 10.6. The van der Waals surface area contributed by atoms with Crippen molar-refractivity contribution in [3.8, 4) is 0 Å². The zero-order chi connectivity index (χ0) is 45.7. The van der Waals surface area contributed by atoms with E-state index in [9.17, 15) is 34.2 Å². The third kappa shape index (κ3) is 11.4. The van der Waals surface area contributed by atoms with Crippen molar-refractivity contribution in [2.45, 2.75) is 67.6 Å².